The minimum absolute atomic E-state index is 0.736. The van der Waals surface area contributed by atoms with Crippen LogP contribution >= 0.6 is 0 Å². The van der Waals surface area contributed by atoms with Gasteiger partial charge in [0.15, 0.2) is 0 Å². The molecule has 0 fully saturated rings. The predicted molar refractivity (Wildman–Crippen MR) is 72.4 cm³/mol. The summed E-state index contributed by atoms with van der Waals surface area (Å²) in [6.07, 6.45) is -0.736. The summed E-state index contributed by atoms with van der Waals surface area (Å²) in [7, 11) is 0. The number of carbonyl (C=O) groups is 3. The van der Waals surface area contributed by atoms with Crippen LogP contribution in [-0.2, 0) is 14.4 Å². The fraction of sp³-hybridized carbons (Fsp3) is 0.786. The Balaban J connectivity index is 6.41. The highest BCUT2D eigenvalue weighted by Crippen LogP contribution is 2.53. The molecule has 20 heavy (non-hydrogen) atoms. The Kier molecular flexibility index (Phi) is 4.99. The highest BCUT2D eigenvalue weighted by Gasteiger charge is 2.61. The smallest absolute Gasteiger partial charge is 0.311 e. The van der Waals surface area contributed by atoms with Crippen LogP contribution in [0.3, 0.4) is 0 Å². The molecule has 6 heteroatoms. The summed E-state index contributed by atoms with van der Waals surface area (Å²) in [6, 6.07) is 0. The molecule has 0 heterocycles. The first kappa shape index (κ1) is 18.4. The second kappa shape index (κ2) is 5.42. The fourth-order valence-electron chi connectivity index (χ4n) is 2.88. The van der Waals surface area contributed by atoms with Gasteiger partial charge in [-0.3, -0.25) is 14.4 Å². The lowest BCUT2D eigenvalue weighted by Gasteiger charge is -2.48. The summed E-state index contributed by atoms with van der Waals surface area (Å²) >= 11 is 0. The van der Waals surface area contributed by atoms with Gasteiger partial charge in [0.2, 0.25) is 0 Å². The van der Waals surface area contributed by atoms with Crippen molar-refractivity contribution in [3.05, 3.63) is 0 Å². The van der Waals surface area contributed by atoms with E-state index in [1.54, 1.807) is 41.5 Å². The molecule has 0 saturated heterocycles. The van der Waals surface area contributed by atoms with E-state index >= 15 is 0 Å². The molecule has 0 rings (SSSR count). The third kappa shape index (κ3) is 3.29. The van der Waals surface area contributed by atoms with Gasteiger partial charge in [-0.05, 0) is 10.8 Å². The summed E-state index contributed by atoms with van der Waals surface area (Å²) < 4.78 is 0. The van der Waals surface area contributed by atoms with Crippen LogP contribution in [-0.4, -0.2) is 33.2 Å². The molecule has 0 spiro atoms. The number of carboxylic acid groups (broad SMARTS) is 3. The maximum absolute atomic E-state index is 11.9. The Labute approximate surface area is 118 Å². The van der Waals surface area contributed by atoms with E-state index in [1.807, 2.05) is 0 Å². The first-order valence-electron chi connectivity index (χ1n) is 6.36. The van der Waals surface area contributed by atoms with Gasteiger partial charge in [-0.15, -0.1) is 0 Å². The van der Waals surface area contributed by atoms with Crippen molar-refractivity contribution in [2.24, 2.45) is 22.2 Å². The Morgan fingerprint density at radius 3 is 1.45 bits per heavy atom. The average molecular weight is 288 g/mol. The van der Waals surface area contributed by atoms with Crippen LogP contribution in [0.5, 0.6) is 0 Å². The van der Waals surface area contributed by atoms with Crippen molar-refractivity contribution >= 4 is 17.9 Å². The monoisotopic (exact) mass is 288 g/mol. The Bertz CT molecular complexity index is 412. The Hall–Kier alpha value is -1.59. The van der Waals surface area contributed by atoms with E-state index < -0.39 is 46.5 Å². The average Bonchev–Trinajstić information content (AvgIpc) is 2.09. The first-order chi connectivity index (χ1) is 8.68. The van der Waals surface area contributed by atoms with Crippen molar-refractivity contribution in [2.75, 3.05) is 0 Å². The maximum atomic E-state index is 11.9. The second-order valence-electron chi connectivity index (χ2n) is 7.23. The van der Waals surface area contributed by atoms with Gasteiger partial charge in [-0.1, -0.05) is 41.5 Å². The minimum Gasteiger partial charge on any atom is -0.481 e. The minimum atomic E-state index is -1.90. The summed E-state index contributed by atoms with van der Waals surface area (Å²) in [6.45, 7) is 9.51. The van der Waals surface area contributed by atoms with Crippen LogP contribution in [0.1, 0.15) is 48.0 Å². The first-order valence-corrected chi connectivity index (χ1v) is 6.36. The molecule has 0 aliphatic carbocycles. The summed E-state index contributed by atoms with van der Waals surface area (Å²) in [5.74, 6) is -5.34. The second-order valence-corrected chi connectivity index (χ2v) is 7.23. The zero-order valence-corrected chi connectivity index (χ0v) is 12.9. The molecule has 1 unspecified atom stereocenters. The van der Waals surface area contributed by atoms with E-state index in [9.17, 15) is 24.6 Å². The largest absolute Gasteiger partial charge is 0.481 e. The molecule has 0 aromatic carbocycles. The van der Waals surface area contributed by atoms with Crippen LogP contribution in [0, 0.1) is 22.2 Å². The van der Waals surface area contributed by atoms with Crippen molar-refractivity contribution in [3.63, 3.8) is 0 Å². The lowest BCUT2D eigenvalue weighted by molar-refractivity contribution is -0.184. The van der Waals surface area contributed by atoms with Crippen molar-refractivity contribution in [3.8, 4) is 0 Å². The van der Waals surface area contributed by atoms with E-state index in [0.29, 0.717) is 0 Å². The Morgan fingerprint density at radius 1 is 0.900 bits per heavy atom. The lowest BCUT2D eigenvalue weighted by atomic mass is 9.52. The van der Waals surface area contributed by atoms with E-state index in [4.69, 9.17) is 5.11 Å². The normalized spacial score (nSPS) is 17.1. The van der Waals surface area contributed by atoms with Gasteiger partial charge in [-0.25, -0.2) is 0 Å². The maximum Gasteiger partial charge on any atom is 0.311 e. The van der Waals surface area contributed by atoms with Crippen LogP contribution in [0.25, 0.3) is 0 Å². The molecule has 2 atom stereocenters. The van der Waals surface area contributed by atoms with Crippen molar-refractivity contribution in [1.29, 1.82) is 0 Å². The van der Waals surface area contributed by atoms with Gasteiger partial charge in [0, 0.05) is 0 Å². The molecule has 6 nitrogen and oxygen atoms in total. The SMILES string of the molecule is CC(C)(C)[C@@H](C(=O)O)C(CC(=O)O)(C(=O)O)C(C)(C)C. The van der Waals surface area contributed by atoms with E-state index in [2.05, 4.69) is 0 Å². The number of hydrogen-bond donors (Lipinski definition) is 3. The quantitative estimate of drug-likeness (QED) is 0.715. The molecule has 0 bridgehead atoms. The molecule has 0 aromatic heterocycles. The van der Waals surface area contributed by atoms with Gasteiger partial charge in [0.05, 0.1) is 17.8 Å². The molecule has 0 aliphatic rings. The molecule has 0 saturated carbocycles. The molecule has 116 valence electrons. The van der Waals surface area contributed by atoms with Crippen LogP contribution in [0.4, 0.5) is 0 Å². The number of rotatable bonds is 5. The van der Waals surface area contributed by atoms with Crippen molar-refractivity contribution in [2.45, 2.75) is 48.0 Å². The number of hydrogen-bond acceptors (Lipinski definition) is 3. The molecule has 0 radical (unpaired) electrons. The lowest BCUT2D eigenvalue weighted by Crippen LogP contribution is -2.56. The van der Waals surface area contributed by atoms with E-state index in [1.165, 1.54) is 0 Å². The predicted octanol–water partition coefficient (Wildman–Crippen LogP) is 2.33. The topological polar surface area (TPSA) is 112 Å². The zero-order valence-electron chi connectivity index (χ0n) is 12.9. The van der Waals surface area contributed by atoms with Crippen LogP contribution in [0.15, 0.2) is 0 Å². The van der Waals surface area contributed by atoms with Crippen LogP contribution in [0.2, 0.25) is 0 Å². The molecular weight excluding hydrogens is 264 g/mol. The molecule has 0 amide bonds. The van der Waals surface area contributed by atoms with Gasteiger partial charge in [0.1, 0.15) is 0 Å². The number of carboxylic acids is 3. The summed E-state index contributed by atoms with van der Waals surface area (Å²) in [4.78, 5) is 34.7. The van der Waals surface area contributed by atoms with Crippen molar-refractivity contribution in [1.82, 2.24) is 0 Å². The zero-order chi connectivity index (χ0) is 16.5. The summed E-state index contributed by atoms with van der Waals surface area (Å²) in [5.41, 5.74) is -3.83. The van der Waals surface area contributed by atoms with Gasteiger partial charge >= 0.3 is 17.9 Å². The molecule has 0 aliphatic heterocycles. The molecular formula is C14H24O6. The van der Waals surface area contributed by atoms with Crippen molar-refractivity contribution < 1.29 is 29.7 Å². The van der Waals surface area contributed by atoms with E-state index in [0.717, 1.165) is 0 Å². The van der Waals surface area contributed by atoms with Gasteiger partial charge in [-0.2, -0.15) is 0 Å². The van der Waals surface area contributed by atoms with E-state index in [-0.39, 0.29) is 0 Å². The van der Waals surface area contributed by atoms with Gasteiger partial charge < -0.3 is 15.3 Å². The molecule has 0 aromatic rings. The highest BCUT2D eigenvalue weighted by molar-refractivity contribution is 5.88. The number of aliphatic carboxylic acids is 3. The Morgan fingerprint density at radius 2 is 1.30 bits per heavy atom. The van der Waals surface area contributed by atoms with Gasteiger partial charge in [0.25, 0.3) is 0 Å². The third-order valence-electron chi connectivity index (χ3n) is 3.76. The third-order valence-corrected chi connectivity index (χ3v) is 3.76. The molecule has 3 N–H and O–H groups in total. The summed E-state index contributed by atoms with van der Waals surface area (Å²) in [5, 5.41) is 28.3. The highest BCUT2D eigenvalue weighted by atomic mass is 16.4. The fourth-order valence-corrected chi connectivity index (χ4v) is 2.88. The van der Waals surface area contributed by atoms with Crippen LogP contribution < -0.4 is 0 Å². The standard InChI is InChI=1S/C14H24O6/c1-12(2,3)9(10(17)18)14(11(19)20,7-8(15)16)13(4,5)6/h9H,7H2,1-6H3,(H,15,16)(H,17,18)(H,19,20)/t9-,14?/m1/s1.